The van der Waals surface area contributed by atoms with Crippen LogP contribution in [0, 0.1) is 0 Å². The van der Waals surface area contributed by atoms with E-state index in [1.165, 1.54) is 16.5 Å². The number of para-hydroxylation sites is 2. The molecule has 0 bridgehead atoms. The molecule has 12 rings (SSSR count). The lowest BCUT2D eigenvalue weighted by atomic mass is 9.91. The molecular weight excluding hydrogens is 767 g/mol. The van der Waals surface area contributed by atoms with Crippen molar-refractivity contribution >= 4 is 43.6 Å². The van der Waals surface area contributed by atoms with Crippen molar-refractivity contribution in [2.75, 3.05) is 0 Å². The highest BCUT2D eigenvalue weighted by molar-refractivity contribution is 6.17. The molecule has 0 atom stereocenters. The van der Waals surface area contributed by atoms with Crippen molar-refractivity contribution in [1.82, 2.24) is 15.0 Å². The Kier molecular flexibility index (Phi) is 8.79. The van der Waals surface area contributed by atoms with Crippen LogP contribution in [0.2, 0.25) is 0 Å². The van der Waals surface area contributed by atoms with E-state index in [1.54, 1.807) is 0 Å². The highest BCUT2D eigenvalue weighted by Gasteiger charge is 2.17. The molecule has 9 aromatic carbocycles. The molecule has 12 aromatic rings. The quantitative estimate of drug-likeness (QED) is 0.151. The summed E-state index contributed by atoms with van der Waals surface area (Å²) in [6, 6.07) is 78.6. The fourth-order valence-electron chi connectivity index (χ4n) is 9.02. The molecule has 294 valence electrons. The van der Waals surface area contributed by atoms with Crippen LogP contribution in [-0.2, 0) is 0 Å². The van der Waals surface area contributed by atoms with Crippen LogP contribution in [0.15, 0.2) is 229 Å². The fraction of sp³-hybridized carbons (Fsp3) is 0. The molecule has 4 nitrogen and oxygen atoms in total. The van der Waals surface area contributed by atoms with Gasteiger partial charge in [-0.15, -0.1) is 0 Å². The minimum Gasteiger partial charge on any atom is -0.455 e. The topological polar surface area (TPSA) is 51.8 Å². The monoisotopic (exact) mass is 803 g/mol. The summed E-state index contributed by atoms with van der Waals surface area (Å²) in [6.45, 7) is 0. The van der Waals surface area contributed by atoms with Crippen LogP contribution >= 0.6 is 0 Å². The standard InChI is InChI=1S/C59H37N3O/c1-4-15-38(16-5-1)46-24-13-27-50-56(46)51-36-44(33-34-52(51)60-57(50)41-17-6-2-7-18-41)43-21-12-22-45(35-43)54-37-53(61-59(62-54)42-19-8-3-9-20-42)40-31-29-39(30-32-40)47-25-14-26-49-48-23-10-11-28-55(48)63-58(47)49/h1-37H. The molecule has 3 aromatic heterocycles. The van der Waals surface area contributed by atoms with E-state index in [9.17, 15) is 0 Å². The molecule has 0 saturated carbocycles. The Morgan fingerprint density at radius 1 is 0.302 bits per heavy atom. The molecule has 4 heteroatoms. The number of nitrogens with zero attached hydrogens (tertiary/aromatic N) is 3. The lowest BCUT2D eigenvalue weighted by molar-refractivity contribution is 0.670. The minimum absolute atomic E-state index is 0.676. The molecule has 0 N–H and O–H groups in total. The zero-order valence-electron chi connectivity index (χ0n) is 34.1. The van der Waals surface area contributed by atoms with E-state index in [0.717, 1.165) is 99.8 Å². The van der Waals surface area contributed by atoms with Gasteiger partial charge in [-0.1, -0.05) is 194 Å². The Balaban J connectivity index is 0.969. The van der Waals surface area contributed by atoms with Crippen molar-refractivity contribution in [2.24, 2.45) is 0 Å². The Morgan fingerprint density at radius 3 is 1.62 bits per heavy atom. The van der Waals surface area contributed by atoms with Crippen molar-refractivity contribution < 1.29 is 4.42 Å². The number of aromatic nitrogens is 3. The molecule has 0 radical (unpaired) electrons. The van der Waals surface area contributed by atoms with Gasteiger partial charge < -0.3 is 4.42 Å². The summed E-state index contributed by atoms with van der Waals surface area (Å²) < 4.78 is 6.38. The van der Waals surface area contributed by atoms with E-state index in [1.807, 2.05) is 30.3 Å². The van der Waals surface area contributed by atoms with E-state index in [-0.39, 0.29) is 0 Å². The third kappa shape index (κ3) is 6.53. The Hall–Kier alpha value is -8.47. The summed E-state index contributed by atoms with van der Waals surface area (Å²) in [5, 5.41) is 5.67. The third-order valence-electron chi connectivity index (χ3n) is 12.1. The first-order valence-electron chi connectivity index (χ1n) is 21.3. The minimum atomic E-state index is 0.676. The number of hydrogen-bond donors (Lipinski definition) is 0. The highest BCUT2D eigenvalue weighted by atomic mass is 16.3. The van der Waals surface area contributed by atoms with E-state index >= 15 is 0 Å². The van der Waals surface area contributed by atoms with Gasteiger partial charge in [0.15, 0.2) is 5.82 Å². The smallest absolute Gasteiger partial charge is 0.160 e. The van der Waals surface area contributed by atoms with E-state index in [2.05, 4.69) is 194 Å². The largest absolute Gasteiger partial charge is 0.455 e. The molecule has 63 heavy (non-hydrogen) atoms. The molecule has 0 aliphatic rings. The predicted octanol–water partition coefficient (Wildman–Crippen LogP) is 15.7. The molecule has 0 unspecified atom stereocenters. The van der Waals surface area contributed by atoms with Crippen LogP contribution in [0.5, 0.6) is 0 Å². The van der Waals surface area contributed by atoms with Gasteiger partial charge in [0.1, 0.15) is 11.2 Å². The van der Waals surface area contributed by atoms with E-state index in [0.29, 0.717) is 5.82 Å². The molecule has 0 fully saturated rings. The maximum Gasteiger partial charge on any atom is 0.160 e. The third-order valence-corrected chi connectivity index (χ3v) is 12.1. The van der Waals surface area contributed by atoms with Crippen molar-refractivity contribution in [3.8, 4) is 78.5 Å². The lowest BCUT2D eigenvalue weighted by Crippen LogP contribution is -1.96. The zero-order valence-corrected chi connectivity index (χ0v) is 34.1. The molecule has 0 amide bonds. The van der Waals surface area contributed by atoms with Crippen molar-refractivity contribution in [1.29, 1.82) is 0 Å². The molecule has 0 saturated heterocycles. The van der Waals surface area contributed by atoms with Gasteiger partial charge in [-0.2, -0.15) is 0 Å². The predicted molar refractivity (Wildman–Crippen MR) is 260 cm³/mol. The SMILES string of the molecule is c1ccc(-c2nc(-c3ccc(-c4cccc5c4oc4ccccc45)cc3)cc(-c3cccc(-c4ccc5nc(-c6ccccc6)c6cccc(-c7ccccc7)c6c5c4)c3)n2)cc1. The van der Waals surface area contributed by atoms with Gasteiger partial charge in [0.05, 0.1) is 22.6 Å². The van der Waals surface area contributed by atoms with Crippen LogP contribution in [0.4, 0.5) is 0 Å². The van der Waals surface area contributed by atoms with Crippen LogP contribution in [0.25, 0.3) is 122 Å². The average molecular weight is 804 g/mol. The van der Waals surface area contributed by atoms with E-state index in [4.69, 9.17) is 19.4 Å². The van der Waals surface area contributed by atoms with E-state index < -0.39 is 0 Å². The van der Waals surface area contributed by atoms with Crippen LogP contribution in [0.1, 0.15) is 0 Å². The summed E-state index contributed by atoms with van der Waals surface area (Å²) in [4.78, 5) is 15.7. The molecule has 0 aliphatic carbocycles. The number of hydrogen-bond acceptors (Lipinski definition) is 4. The lowest BCUT2D eigenvalue weighted by Gasteiger charge is -2.15. The van der Waals surface area contributed by atoms with Gasteiger partial charge >= 0.3 is 0 Å². The summed E-state index contributed by atoms with van der Waals surface area (Å²) in [7, 11) is 0. The first-order valence-corrected chi connectivity index (χ1v) is 21.3. The molecular formula is C59H37N3O. The Labute approximate surface area is 364 Å². The van der Waals surface area contributed by atoms with Gasteiger partial charge in [-0.25, -0.2) is 15.0 Å². The first-order chi connectivity index (χ1) is 31.2. The number of rotatable bonds is 7. The summed E-state index contributed by atoms with van der Waals surface area (Å²) in [6.07, 6.45) is 0. The highest BCUT2D eigenvalue weighted by Crippen LogP contribution is 2.41. The number of furan rings is 1. The van der Waals surface area contributed by atoms with Crippen LogP contribution in [-0.4, -0.2) is 15.0 Å². The fourth-order valence-corrected chi connectivity index (χ4v) is 9.02. The zero-order chi connectivity index (χ0) is 41.7. The molecule has 0 aliphatic heterocycles. The van der Waals surface area contributed by atoms with Crippen molar-refractivity contribution in [2.45, 2.75) is 0 Å². The number of pyridine rings is 1. The maximum atomic E-state index is 6.38. The Bertz CT molecular complexity index is 3650. The summed E-state index contributed by atoms with van der Waals surface area (Å²) in [5.41, 5.74) is 16.2. The summed E-state index contributed by atoms with van der Waals surface area (Å²) >= 11 is 0. The number of fused-ring (bicyclic) bond motifs is 6. The first kappa shape index (κ1) is 36.4. The maximum absolute atomic E-state index is 6.38. The number of benzene rings is 9. The van der Waals surface area contributed by atoms with Crippen molar-refractivity contribution in [3.05, 3.63) is 224 Å². The van der Waals surface area contributed by atoms with Gasteiger partial charge in [0.25, 0.3) is 0 Å². The second kappa shape index (κ2) is 15.2. The average Bonchev–Trinajstić information content (AvgIpc) is 3.76. The van der Waals surface area contributed by atoms with Gasteiger partial charge in [0, 0.05) is 54.7 Å². The summed E-state index contributed by atoms with van der Waals surface area (Å²) in [5.74, 6) is 0.676. The molecule has 3 heterocycles. The second-order valence-electron chi connectivity index (χ2n) is 15.9. The van der Waals surface area contributed by atoms with Crippen molar-refractivity contribution in [3.63, 3.8) is 0 Å². The second-order valence-corrected chi connectivity index (χ2v) is 15.9. The van der Waals surface area contributed by atoms with Crippen LogP contribution in [0.3, 0.4) is 0 Å². The Morgan fingerprint density at radius 2 is 0.841 bits per heavy atom. The molecule has 0 spiro atoms. The normalized spacial score (nSPS) is 11.5. The van der Waals surface area contributed by atoms with Crippen LogP contribution < -0.4 is 0 Å². The van der Waals surface area contributed by atoms with Gasteiger partial charge in [0.2, 0.25) is 0 Å². The van der Waals surface area contributed by atoms with Gasteiger partial charge in [-0.3, -0.25) is 0 Å². The van der Waals surface area contributed by atoms with Gasteiger partial charge in [-0.05, 0) is 58.1 Å².